The number of amides is 1. The fourth-order valence-corrected chi connectivity index (χ4v) is 1.72. The van der Waals surface area contributed by atoms with E-state index < -0.39 is 0 Å². The van der Waals surface area contributed by atoms with Crippen molar-refractivity contribution >= 4 is 5.91 Å². The minimum Gasteiger partial charge on any atom is -0.354 e. The predicted molar refractivity (Wildman–Crippen MR) is 37.5 cm³/mol. The molecule has 2 aliphatic heterocycles. The second kappa shape index (κ2) is 1.95. The highest BCUT2D eigenvalue weighted by molar-refractivity contribution is 5.89. The molecule has 1 atom stereocenters. The summed E-state index contributed by atoms with van der Waals surface area (Å²) in [5.41, 5.74) is -0.00174. The molecule has 0 bridgehead atoms. The van der Waals surface area contributed by atoms with Gasteiger partial charge in [0.15, 0.2) is 0 Å². The van der Waals surface area contributed by atoms with E-state index in [1.165, 1.54) is 0 Å². The Balaban J connectivity index is 2.06. The van der Waals surface area contributed by atoms with Crippen LogP contribution in [0.2, 0.25) is 0 Å². The van der Waals surface area contributed by atoms with Crippen LogP contribution in [0, 0.1) is 5.41 Å². The molecule has 2 heterocycles. The molecule has 0 radical (unpaired) electrons. The van der Waals surface area contributed by atoms with Crippen LogP contribution in [-0.4, -0.2) is 25.5 Å². The fraction of sp³-hybridized carbons (Fsp3) is 0.857. The van der Waals surface area contributed by atoms with Crippen molar-refractivity contribution in [3.8, 4) is 0 Å². The van der Waals surface area contributed by atoms with Gasteiger partial charge in [0.05, 0.1) is 5.41 Å². The number of β-lactam (4-membered cyclic amide) rings is 1. The van der Waals surface area contributed by atoms with E-state index >= 15 is 0 Å². The minimum atomic E-state index is -0.00174. The van der Waals surface area contributed by atoms with Crippen LogP contribution in [0.15, 0.2) is 0 Å². The Hall–Kier alpha value is -0.570. The normalized spacial score (nSPS) is 39.0. The lowest BCUT2D eigenvalue weighted by Gasteiger charge is -2.43. The molecule has 0 aliphatic carbocycles. The zero-order valence-corrected chi connectivity index (χ0v) is 5.94. The molecule has 2 N–H and O–H groups in total. The monoisotopic (exact) mass is 140 g/mol. The van der Waals surface area contributed by atoms with Gasteiger partial charge in [0, 0.05) is 13.1 Å². The van der Waals surface area contributed by atoms with Crippen LogP contribution < -0.4 is 10.6 Å². The number of nitrogens with one attached hydrogen (secondary N) is 2. The van der Waals surface area contributed by atoms with E-state index in [2.05, 4.69) is 10.6 Å². The van der Waals surface area contributed by atoms with Gasteiger partial charge in [-0.1, -0.05) is 0 Å². The van der Waals surface area contributed by atoms with Gasteiger partial charge < -0.3 is 10.6 Å². The van der Waals surface area contributed by atoms with E-state index in [1.807, 2.05) is 0 Å². The number of carbonyl (C=O) groups is 1. The molecular weight excluding hydrogens is 128 g/mol. The van der Waals surface area contributed by atoms with Crippen LogP contribution in [0.3, 0.4) is 0 Å². The standard InChI is InChI=1S/C7H12N2O/c10-6-7(5-9-6)2-1-3-8-4-7/h8H,1-5H2,(H,9,10)/t7-/m0/s1. The number of hydrogen-bond acceptors (Lipinski definition) is 2. The average molecular weight is 140 g/mol. The molecular formula is C7H12N2O. The SMILES string of the molecule is O=C1NC[C@@]12CCCNC2. The zero-order chi connectivity index (χ0) is 7.03. The molecule has 1 spiro atoms. The molecule has 1 amide bonds. The van der Waals surface area contributed by atoms with Crippen molar-refractivity contribution in [2.45, 2.75) is 12.8 Å². The minimum absolute atomic E-state index is 0.00174. The Labute approximate surface area is 60.2 Å². The molecule has 2 saturated heterocycles. The number of rotatable bonds is 0. The van der Waals surface area contributed by atoms with Crippen LogP contribution in [0.5, 0.6) is 0 Å². The maximum absolute atomic E-state index is 11.1. The lowest BCUT2D eigenvalue weighted by molar-refractivity contribution is -0.141. The third kappa shape index (κ3) is 0.669. The van der Waals surface area contributed by atoms with Crippen LogP contribution >= 0.6 is 0 Å². The van der Waals surface area contributed by atoms with Crippen LogP contribution in [-0.2, 0) is 4.79 Å². The van der Waals surface area contributed by atoms with E-state index in [4.69, 9.17) is 0 Å². The highest BCUT2D eigenvalue weighted by atomic mass is 16.2. The average Bonchev–Trinajstić information content (AvgIpc) is 2.04. The van der Waals surface area contributed by atoms with Gasteiger partial charge in [-0.05, 0) is 19.4 Å². The molecule has 2 rings (SSSR count). The first-order valence-electron chi connectivity index (χ1n) is 3.83. The Morgan fingerprint density at radius 1 is 1.40 bits per heavy atom. The van der Waals surface area contributed by atoms with Crippen LogP contribution in [0.4, 0.5) is 0 Å². The van der Waals surface area contributed by atoms with E-state index in [-0.39, 0.29) is 11.3 Å². The first kappa shape index (κ1) is 6.16. The maximum Gasteiger partial charge on any atom is 0.229 e. The third-order valence-electron chi connectivity index (χ3n) is 2.54. The first-order valence-corrected chi connectivity index (χ1v) is 3.83. The summed E-state index contributed by atoms with van der Waals surface area (Å²) in [7, 11) is 0. The summed E-state index contributed by atoms with van der Waals surface area (Å²) in [6, 6.07) is 0. The summed E-state index contributed by atoms with van der Waals surface area (Å²) in [6.45, 7) is 2.85. The van der Waals surface area contributed by atoms with Crippen molar-refractivity contribution in [1.29, 1.82) is 0 Å². The molecule has 3 heteroatoms. The molecule has 10 heavy (non-hydrogen) atoms. The molecule has 0 saturated carbocycles. The summed E-state index contributed by atoms with van der Waals surface area (Å²) in [5, 5.41) is 6.04. The summed E-state index contributed by atoms with van der Waals surface area (Å²) in [6.07, 6.45) is 2.22. The molecule has 0 aromatic carbocycles. The van der Waals surface area contributed by atoms with Gasteiger partial charge in [-0.15, -0.1) is 0 Å². The number of piperidine rings is 1. The smallest absolute Gasteiger partial charge is 0.229 e. The van der Waals surface area contributed by atoms with Crippen molar-refractivity contribution in [1.82, 2.24) is 10.6 Å². The predicted octanol–water partition coefficient (Wildman–Crippen LogP) is -0.514. The summed E-state index contributed by atoms with van der Waals surface area (Å²) in [4.78, 5) is 11.1. The Morgan fingerprint density at radius 3 is 2.60 bits per heavy atom. The summed E-state index contributed by atoms with van der Waals surface area (Å²) >= 11 is 0. The third-order valence-corrected chi connectivity index (χ3v) is 2.54. The van der Waals surface area contributed by atoms with Crippen molar-refractivity contribution in [3.05, 3.63) is 0 Å². The van der Waals surface area contributed by atoms with Gasteiger partial charge >= 0.3 is 0 Å². The van der Waals surface area contributed by atoms with Crippen LogP contribution in [0.1, 0.15) is 12.8 Å². The molecule has 3 nitrogen and oxygen atoms in total. The lowest BCUT2D eigenvalue weighted by atomic mass is 9.75. The summed E-state index contributed by atoms with van der Waals surface area (Å²) in [5.74, 6) is 0.250. The van der Waals surface area contributed by atoms with Gasteiger partial charge in [-0.25, -0.2) is 0 Å². The van der Waals surface area contributed by atoms with E-state index in [0.717, 1.165) is 32.5 Å². The van der Waals surface area contributed by atoms with Gasteiger partial charge in [-0.3, -0.25) is 4.79 Å². The number of carbonyl (C=O) groups excluding carboxylic acids is 1. The molecule has 0 aromatic rings. The van der Waals surface area contributed by atoms with Crippen molar-refractivity contribution in [2.24, 2.45) is 5.41 Å². The molecule has 56 valence electrons. The van der Waals surface area contributed by atoms with Gasteiger partial charge in [0.1, 0.15) is 0 Å². The van der Waals surface area contributed by atoms with Crippen LogP contribution in [0.25, 0.3) is 0 Å². The second-order valence-corrected chi connectivity index (χ2v) is 3.24. The zero-order valence-electron chi connectivity index (χ0n) is 5.94. The van der Waals surface area contributed by atoms with E-state index in [9.17, 15) is 4.79 Å². The van der Waals surface area contributed by atoms with Crippen molar-refractivity contribution < 1.29 is 4.79 Å². The van der Waals surface area contributed by atoms with Crippen molar-refractivity contribution in [2.75, 3.05) is 19.6 Å². The maximum atomic E-state index is 11.1. The van der Waals surface area contributed by atoms with Gasteiger partial charge in [0.2, 0.25) is 5.91 Å². The second-order valence-electron chi connectivity index (χ2n) is 3.24. The van der Waals surface area contributed by atoms with Gasteiger partial charge in [-0.2, -0.15) is 0 Å². The number of hydrogen-bond donors (Lipinski definition) is 2. The Kier molecular flexibility index (Phi) is 1.20. The van der Waals surface area contributed by atoms with Gasteiger partial charge in [0.25, 0.3) is 0 Å². The Bertz CT molecular complexity index is 161. The highest BCUT2D eigenvalue weighted by Gasteiger charge is 2.46. The van der Waals surface area contributed by atoms with E-state index in [0.29, 0.717) is 0 Å². The Morgan fingerprint density at radius 2 is 2.30 bits per heavy atom. The topological polar surface area (TPSA) is 41.1 Å². The summed E-state index contributed by atoms with van der Waals surface area (Å²) < 4.78 is 0. The molecule has 0 unspecified atom stereocenters. The van der Waals surface area contributed by atoms with Crippen molar-refractivity contribution in [3.63, 3.8) is 0 Å². The quantitative estimate of drug-likeness (QED) is 0.445. The highest BCUT2D eigenvalue weighted by Crippen LogP contribution is 2.30. The molecule has 0 aromatic heterocycles. The molecule has 2 fully saturated rings. The van der Waals surface area contributed by atoms with E-state index in [1.54, 1.807) is 0 Å². The molecule has 2 aliphatic rings. The first-order chi connectivity index (χ1) is 4.83. The fourth-order valence-electron chi connectivity index (χ4n) is 1.72. The lowest BCUT2D eigenvalue weighted by Crippen LogP contribution is -2.64. The largest absolute Gasteiger partial charge is 0.354 e.